The number of hydrogen-bond donors (Lipinski definition) is 3. The summed E-state index contributed by atoms with van der Waals surface area (Å²) in [7, 11) is 1.56. The highest BCUT2D eigenvalue weighted by molar-refractivity contribution is 6.40. The van der Waals surface area contributed by atoms with Gasteiger partial charge in [-0.15, -0.1) is 0 Å². The fraction of sp³-hybridized carbons (Fsp3) is 0.160. The largest absolute Gasteiger partial charge is 0.496 e. The molecule has 7 nitrogen and oxygen atoms in total. The van der Waals surface area contributed by atoms with E-state index in [2.05, 4.69) is 16.0 Å². The fourth-order valence-electron chi connectivity index (χ4n) is 3.17. The third kappa shape index (κ3) is 5.95. The van der Waals surface area contributed by atoms with Gasteiger partial charge in [-0.1, -0.05) is 60.2 Å². The predicted molar refractivity (Wildman–Crippen MR) is 122 cm³/mol. The Kier molecular flexibility index (Phi) is 7.59. The number of nitrogens with one attached hydrogen (secondary N) is 3. The Hall–Kier alpha value is -4.13. The highest BCUT2D eigenvalue weighted by Gasteiger charge is 2.18. The monoisotopic (exact) mass is 431 g/mol. The average Bonchev–Trinajstić information content (AvgIpc) is 2.81. The first-order valence-corrected chi connectivity index (χ1v) is 10.1. The quantitative estimate of drug-likeness (QED) is 0.501. The van der Waals surface area contributed by atoms with Crippen molar-refractivity contribution in [3.8, 4) is 5.75 Å². The van der Waals surface area contributed by atoms with Gasteiger partial charge in [0, 0.05) is 18.7 Å². The van der Waals surface area contributed by atoms with Crippen molar-refractivity contribution in [1.29, 1.82) is 0 Å². The highest BCUT2D eigenvalue weighted by Crippen LogP contribution is 2.18. The standard InChI is InChI=1S/C25H25N3O4/c1-17-8-7-9-18(14-17)15-26-24(30)25(31)28-21-12-5-4-11-20(21)23(29)27-16-19-10-3-6-13-22(19)32-2/h3-14H,15-16H2,1-2H3,(H,26,30)(H,27,29)(H,28,31). The van der Waals surface area contributed by atoms with Crippen molar-refractivity contribution in [3.63, 3.8) is 0 Å². The molecule has 0 aromatic heterocycles. The SMILES string of the molecule is COc1ccccc1CNC(=O)c1ccccc1NC(=O)C(=O)NCc1cccc(C)c1. The van der Waals surface area contributed by atoms with E-state index in [9.17, 15) is 14.4 Å². The Balaban J connectivity index is 1.62. The van der Waals surface area contributed by atoms with Gasteiger partial charge in [-0.05, 0) is 30.7 Å². The Morgan fingerprint density at radius 3 is 2.34 bits per heavy atom. The summed E-state index contributed by atoms with van der Waals surface area (Å²) in [4.78, 5) is 37.3. The van der Waals surface area contributed by atoms with E-state index in [1.165, 1.54) is 0 Å². The van der Waals surface area contributed by atoms with E-state index in [4.69, 9.17) is 4.74 Å². The molecule has 0 saturated heterocycles. The van der Waals surface area contributed by atoms with Crippen LogP contribution < -0.4 is 20.7 Å². The third-order valence-electron chi connectivity index (χ3n) is 4.79. The molecule has 3 rings (SSSR count). The zero-order valence-electron chi connectivity index (χ0n) is 18.0. The number of ether oxygens (including phenoxy) is 1. The van der Waals surface area contributed by atoms with Crippen LogP contribution in [0.5, 0.6) is 5.75 Å². The van der Waals surface area contributed by atoms with Crippen molar-refractivity contribution < 1.29 is 19.1 Å². The van der Waals surface area contributed by atoms with Gasteiger partial charge < -0.3 is 20.7 Å². The molecule has 0 unspecified atom stereocenters. The molecular weight excluding hydrogens is 406 g/mol. The van der Waals surface area contributed by atoms with Crippen molar-refractivity contribution in [2.75, 3.05) is 12.4 Å². The number of aryl methyl sites for hydroxylation is 1. The number of rotatable bonds is 7. The molecule has 3 aromatic carbocycles. The van der Waals surface area contributed by atoms with Crippen molar-refractivity contribution >= 4 is 23.4 Å². The second kappa shape index (κ2) is 10.8. The Bertz CT molecular complexity index is 1130. The van der Waals surface area contributed by atoms with Gasteiger partial charge in [0.2, 0.25) is 0 Å². The summed E-state index contributed by atoms with van der Waals surface area (Å²) in [5, 5.41) is 7.93. The summed E-state index contributed by atoms with van der Waals surface area (Å²) < 4.78 is 5.29. The van der Waals surface area contributed by atoms with Crippen LogP contribution in [-0.4, -0.2) is 24.8 Å². The van der Waals surface area contributed by atoms with Gasteiger partial charge in [-0.3, -0.25) is 14.4 Å². The number of benzene rings is 3. The van der Waals surface area contributed by atoms with Gasteiger partial charge in [0.1, 0.15) is 5.75 Å². The second-order valence-corrected chi connectivity index (χ2v) is 7.17. The predicted octanol–water partition coefficient (Wildman–Crippen LogP) is 3.19. The van der Waals surface area contributed by atoms with Crippen LogP contribution in [0.15, 0.2) is 72.8 Å². The zero-order valence-corrected chi connectivity index (χ0v) is 18.0. The minimum atomic E-state index is -0.845. The van der Waals surface area contributed by atoms with Crippen LogP contribution in [0, 0.1) is 6.92 Å². The normalized spacial score (nSPS) is 10.2. The molecule has 0 atom stereocenters. The number of anilines is 1. The summed E-state index contributed by atoms with van der Waals surface area (Å²) in [6.07, 6.45) is 0. The van der Waals surface area contributed by atoms with Crippen LogP contribution in [0.3, 0.4) is 0 Å². The zero-order chi connectivity index (χ0) is 22.9. The summed E-state index contributed by atoms with van der Waals surface area (Å²) in [6.45, 7) is 2.44. The topological polar surface area (TPSA) is 96.5 Å². The van der Waals surface area contributed by atoms with Gasteiger partial charge in [0.25, 0.3) is 5.91 Å². The molecule has 0 aliphatic heterocycles. The average molecular weight is 431 g/mol. The molecule has 164 valence electrons. The van der Waals surface area contributed by atoms with Gasteiger partial charge in [-0.2, -0.15) is 0 Å². The maximum atomic E-state index is 12.7. The molecule has 7 heteroatoms. The number of carbonyl (C=O) groups excluding carboxylic acids is 3. The van der Waals surface area contributed by atoms with Crippen molar-refractivity contribution in [2.24, 2.45) is 0 Å². The maximum Gasteiger partial charge on any atom is 0.313 e. The lowest BCUT2D eigenvalue weighted by Crippen LogP contribution is -2.35. The first-order valence-electron chi connectivity index (χ1n) is 10.1. The lowest BCUT2D eigenvalue weighted by molar-refractivity contribution is -0.136. The Morgan fingerprint density at radius 2 is 1.56 bits per heavy atom. The minimum absolute atomic E-state index is 0.231. The maximum absolute atomic E-state index is 12.7. The van der Waals surface area contributed by atoms with E-state index in [0.29, 0.717) is 5.75 Å². The summed E-state index contributed by atoms with van der Waals surface area (Å²) >= 11 is 0. The first kappa shape index (κ1) is 22.6. The van der Waals surface area contributed by atoms with Crippen molar-refractivity contribution in [3.05, 3.63) is 95.1 Å². The number of carbonyl (C=O) groups is 3. The molecule has 0 aliphatic rings. The number of hydrogen-bond acceptors (Lipinski definition) is 4. The Morgan fingerprint density at radius 1 is 0.812 bits per heavy atom. The summed E-state index contributed by atoms with van der Waals surface area (Å²) in [5.41, 5.74) is 3.28. The molecule has 0 saturated carbocycles. The molecule has 0 radical (unpaired) electrons. The third-order valence-corrected chi connectivity index (χ3v) is 4.79. The van der Waals surface area contributed by atoms with Crippen LogP contribution in [0.25, 0.3) is 0 Å². The number of methoxy groups -OCH3 is 1. The number of para-hydroxylation sites is 2. The molecule has 0 spiro atoms. The molecule has 0 aliphatic carbocycles. The van der Waals surface area contributed by atoms with Crippen LogP contribution in [0.4, 0.5) is 5.69 Å². The molecule has 32 heavy (non-hydrogen) atoms. The van der Waals surface area contributed by atoms with Gasteiger partial charge in [-0.25, -0.2) is 0 Å². The molecule has 0 heterocycles. The lowest BCUT2D eigenvalue weighted by atomic mass is 10.1. The van der Waals surface area contributed by atoms with Crippen LogP contribution in [0.2, 0.25) is 0 Å². The molecule has 3 amide bonds. The van der Waals surface area contributed by atoms with E-state index >= 15 is 0 Å². The van der Waals surface area contributed by atoms with Crippen LogP contribution >= 0.6 is 0 Å². The minimum Gasteiger partial charge on any atom is -0.496 e. The second-order valence-electron chi connectivity index (χ2n) is 7.17. The molecule has 0 bridgehead atoms. The van der Waals surface area contributed by atoms with Crippen LogP contribution in [0.1, 0.15) is 27.0 Å². The van der Waals surface area contributed by atoms with Crippen molar-refractivity contribution in [2.45, 2.75) is 20.0 Å². The van der Waals surface area contributed by atoms with E-state index < -0.39 is 11.8 Å². The van der Waals surface area contributed by atoms with Gasteiger partial charge in [0.15, 0.2) is 0 Å². The fourth-order valence-corrected chi connectivity index (χ4v) is 3.17. The molecular formula is C25H25N3O4. The molecule has 3 aromatic rings. The van der Waals surface area contributed by atoms with E-state index in [-0.39, 0.29) is 30.2 Å². The first-order chi connectivity index (χ1) is 15.5. The van der Waals surface area contributed by atoms with Gasteiger partial charge in [0.05, 0.1) is 18.4 Å². The van der Waals surface area contributed by atoms with Gasteiger partial charge >= 0.3 is 11.8 Å². The molecule has 3 N–H and O–H groups in total. The van der Waals surface area contributed by atoms with E-state index in [1.807, 2.05) is 55.5 Å². The van der Waals surface area contributed by atoms with Crippen molar-refractivity contribution in [1.82, 2.24) is 10.6 Å². The molecule has 0 fully saturated rings. The smallest absolute Gasteiger partial charge is 0.313 e. The Labute approximate surface area is 186 Å². The van der Waals surface area contributed by atoms with E-state index in [1.54, 1.807) is 31.4 Å². The number of amides is 3. The lowest BCUT2D eigenvalue weighted by Gasteiger charge is -2.13. The highest BCUT2D eigenvalue weighted by atomic mass is 16.5. The van der Waals surface area contributed by atoms with E-state index in [0.717, 1.165) is 16.7 Å². The van der Waals surface area contributed by atoms with Crippen LogP contribution in [-0.2, 0) is 22.7 Å². The summed E-state index contributed by atoms with van der Waals surface area (Å²) in [5.74, 6) is -1.34. The summed E-state index contributed by atoms with van der Waals surface area (Å²) in [6, 6.07) is 21.5.